The Morgan fingerprint density at radius 1 is 1.27 bits per heavy atom. The first-order chi connectivity index (χ1) is 14.6. The highest BCUT2D eigenvalue weighted by molar-refractivity contribution is 7.22. The maximum absolute atomic E-state index is 13.5. The number of rotatable bonds is 6. The number of halogens is 2. The number of aromatic nitrogens is 4. The third-order valence-electron chi connectivity index (χ3n) is 5.23. The zero-order chi connectivity index (χ0) is 20.7. The van der Waals surface area contributed by atoms with Crippen molar-refractivity contribution in [1.82, 2.24) is 25.1 Å². The lowest BCUT2D eigenvalue weighted by atomic mass is 9.95. The molecule has 9 heteroatoms. The van der Waals surface area contributed by atoms with Crippen LogP contribution < -0.4 is 10.6 Å². The molecule has 1 aliphatic rings. The fourth-order valence-electron chi connectivity index (χ4n) is 3.82. The summed E-state index contributed by atoms with van der Waals surface area (Å²) in [7, 11) is 0. The van der Waals surface area contributed by atoms with Crippen LogP contribution in [-0.2, 0) is 19.4 Å². The summed E-state index contributed by atoms with van der Waals surface area (Å²) in [5.74, 6) is 0.268. The molecule has 0 radical (unpaired) electrons. The Bertz CT molecular complexity index is 1230. The minimum absolute atomic E-state index is 0.0762. The van der Waals surface area contributed by atoms with Crippen LogP contribution in [0.3, 0.4) is 0 Å². The molecule has 0 fully saturated rings. The van der Waals surface area contributed by atoms with Crippen molar-refractivity contribution in [2.45, 2.75) is 26.3 Å². The number of nitrogens with one attached hydrogen (secondary N) is 2. The zero-order valence-corrected chi connectivity index (χ0v) is 17.9. The topological polar surface area (TPSA) is 67.7 Å². The second-order valence-corrected chi connectivity index (χ2v) is 8.58. The van der Waals surface area contributed by atoms with Crippen molar-refractivity contribution in [3.8, 4) is 10.4 Å². The zero-order valence-electron chi connectivity index (χ0n) is 16.4. The van der Waals surface area contributed by atoms with Gasteiger partial charge in [0.05, 0.1) is 22.6 Å². The number of nitrogens with zero attached hydrogens (tertiary/aromatic N) is 4. The van der Waals surface area contributed by atoms with Gasteiger partial charge in [0.15, 0.2) is 0 Å². The molecule has 3 heterocycles. The number of benzene rings is 1. The molecule has 1 aromatic carbocycles. The lowest BCUT2D eigenvalue weighted by Gasteiger charge is -2.12. The van der Waals surface area contributed by atoms with Crippen molar-refractivity contribution < 1.29 is 4.39 Å². The maximum atomic E-state index is 13.5. The van der Waals surface area contributed by atoms with E-state index in [2.05, 4.69) is 33.7 Å². The van der Waals surface area contributed by atoms with E-state index in [-0.39, 0.29) is 5.02 Å². The maximum Gasteiger partial charge on any atom is 0.142 e. The van der Waals surface area contributed by atoms with Crippen molar-refractivity contribution in [3.05, 3.63) is 52.8 Å². The van der Waals surface area contributed by atoms with Gasteiger partial charge < -0.3 is 10.6 Å². The van der Waals surface area contributed by atoms with Crippen molar-refractivity contribution in [2.75, 3.05) is 18.4 Å². The SMILES string of the molecule is CCNCCn1cc2c(n1)CCc1c-2sc2ncnc(Nc3ccc(F)c(Cl)c3)c12. The molecule has 0 spiro atoms. The first-order valence-electron chi connectivity index (χ1n) is 9.90. The summed E-state index contributed by atoms with van der Waals surface area (Å²) in [6.45, 7) is 4.80. The van der Waals surface area contributed by atoms with Crippen LogP contribution in [0, 0.1) is 5.82 Å². The van der Waals surface area contributed by atoms with Crippen molar-refractivity contribution >= 4 is 44.7 Å². The summed E-state index contributed by atoms with van der Waals surface area (Å²) < 4.78 is 15.5. The van der Waals surface area contributed by atoms with Crippen LogP contribution in [-0.4, -0.2) is 32.8 Å². The van der Waals surface area contributed by atoms with Crippen LogP contribution in [0.4, 0.5) is 15.9 Å². The van der Waals surface area contributed by atoms with Gasteiger partial charge in [-0.05, 0) is 43.1 Å². The Morgan fingerprint density at radius 2 is 2.17 bits per heavy atom. The molecule has 1 aliphatic carbocycles. The molecule has 0 bridgehead atoms. The van der Waals surface area contributed by atoms with Crippen molar-refractivity contribution in [3.63, 3.8) is 0 Å². The second-order valence-electron chi connectivity index (χ2n) is 7.17. The second kappa shape index (κ2) is 7.94. The first kappa shape index (κ1) is 19.4. The minimum atomic E-state index is -0.443. The van der Waals surface area contributed by atoms with Crippen LogP contribution in [0.1, 0.15) is 18.2 Å². The minimum Gasteiger partial charge on any atom is -0.340 e. The molecule has 0 saturated heterocycles. The van der Waals surface area contributed by atoms with Crippen LogP contribution in [0.5, 0.6) is 0 Å². The number of fused-ring (bicyclic) bond motifs is 5. The van der Waals surface area contributed by atoms with E-state index in [9.17, 15) is 4.39 Å². The molecule has 2 N–H and O–H groups in total. The molecule has 30 heavy (non-hydrogen) atoms. The van der Waals surface area contributed by atoms with E-state index in [0.717, 1.165) is 48.4 Å². The smallest absolute Gasteiger partial charge is 0.142 e. The van der Waals surface area contributed by atoms with E-state index < -0.39 is 5.82 Å². The summed E-state index contributed by atoms with van der Waals surface area (Å²) in [6, 6.07) is 4.57. The van der Waals surface area contributed by atoms with E-state index in [1.165, 1.54) is 22.1 Å². The average molecular weight is 443 g/mol. The highest BCUT2D eigenvalue weighted by Gasteiger charge is 2.26. The molecule has 0 amide bonds. The van der Waals surface area contributed by atoms with Crippen LogP contribution in [0.2, 0.25) is 5.02 Å². The molecule has 0 atom stereocenters. The lowest BCUT2D eigenvalue weighted by molar-refractivity contribution is 0.560. The van der Waals surface area contributed by atoms with E-state index >= 15 is 0 Å². The highest BCUT2D eigenvalue weighted by atomic mass is 35.5. The van der Waals surface area contributed by atoms with Gasteiger partial charge in [0.1, 0.15) is 22.8 Å². The molecule has 4 aromatic rings. The number of thiophene rings is 1. The van der Waals surface area contributed by atoms with Gasteiger partial charge in [-0.25, -0.2) is 14.4 Å². The highest BCUT2D eigenvalue weighted by Crippen LogP contribution is 2.45. The average Bonchev–Trinajstić information content (AvgIpc) is 3.32. The third-order valence-corrected chi connectivity index (χ3v) is 6.69. The number of hydrogen-bond donors (Lipinski definition) is 2. The summed E-state index contributed by atoms with van der Waals surface area (Å²) in [4.78, 5) is 11.1. The normalized spacial score (nSPS) is 12.8. The summed E-state index contributed by atoms with van der Waals surface area (Å²) >= 11 is 7.61. The predicted octanol–water partition coefficient (Wildman–Crippen LogP) is 4.80. The largest absolute Gasteiger partial charge is 0.340 e. The molecule has 0 aliphatic heterocycles. The van der Waals surface area contributed by atoms with E-state index in [1.54, 1.807) is 29.8 Å². The summed E-state index contributed by atoms with van der Waals surface area (Å²) in [6.07, 6.45) is 5.47. The fourth-order valence-corrected chi connectivity index (χ4v) is 5.22. The van der Waals surface area contributed by atoms with Crippen LogP contribution >= 0.6 is 22.9 Å². The number of likely N-dealkylation sites (N-methyl/N-ethyl adjacent to an activating group) is 1. The van der Waals surface area contributed by atoms with Gasteiger partial charge in [0, 0.05) is 28.9 Å². The van der Waals surface area contributed by atoms with Crippen molar-refractivity contribution in [1.29, 1.82) is 0 Å². The molecule has 3 aromatic heterocycles. The number of hydrogen-bond acceptors (Lipinski definition) is 6. The van der Waals surface area contributed by atoms with Crippen LogP contribution in [0.15, 0.2) is 30.7 Å². The van der Waals surface area contributed by atoms with E-state index in [0.29, 0.717) is 11.5 Å². The lowest BCUT2D eigenvalue weighted by Crippen LogP contribution is -2.19. The first-order valence-corrected chi connectivity index (χ1v) is 11.1. The molecule has 154 valence electrons. The van der Waals surface area contributed by atoms with Gasteiger partial charge in [-0.15, -0.1) is 11.3 Å². The standard InChI is InChI=1S/C21H20ClFN6S/c1-2-24-7-8-29-10-14-17(28-29)6-4-13-18-20(25-11-26-21(18)30-19(13)14)27-12-3-5-16(23)15(22)9-12/h3,5,9-11,24H,2,4,6-8H2,1H3,(H,25,26,27). The summed E-state index contributed by atoms with van der Waals surface area (Å²) in [5, 5.41) is 12.5. The van der Waals surface area contributed by atoms with Gasteiger partial charge >= 0.3 is 0 Å². The van der Waals surface area contributed by atoms with Gasteiger partial charge in [-0.2, -0.15) is 5.10 Å². The Labute approximate surface area is 182 Å². The molecule has 6 nitrogen and oxygen atoms in total. The molecule has 0 saturated carbocycles. The number of aryl methyl sites for hydroxylation is 2. The molecule has 5 rings (SSSR count). The Kier molecular flexibility index (Phi) is 5.14. The van der Waals surface area contributed by atoms with Gasteiger partial charge in [0.2, 0.25) is 0 Å². The third kappa shape index (κ3) is 3.45. The molecular weight excluding hydrogens is 423 g/mol. The Balaban J connectivity index is 1.53. The Morgan fingerprint density at radius 3 is 3.00 bits per heavy atom. The van der Waals surface area contributed by atoms with Gasteiger partial charge in [-0.1, -0.05) is 18.5 Å². The Hall–Kier alpha value is -2.55. The quantitative estimate of drug-likeness (QED) is 0.420. The number of anilines is 2. The molecular formula is C21H20ClFN6S. The van der Waals surface area contributed by atoms with E-state index in [1.807, 2.05) is 4.68 Å². The van der Waals surface area contributed by atoms with Crippen molar-refractivity contribution in [2.24, 2.45) is 0 Å². The van der Waals surface area contributed by atoms with Gasteiger partial charge in [0.25, 0.3) is 0 Å². The monoisotopic (exact) mass is 442 g/mol. The van der Waals surface area contributed by atoms with Crippen LogP contribution in [0.25, 0.3) is 20.7 Å². The summed E-state index contributed by atoms with van der Waals surface area (Å²) in [5.41, 5.74) is 4.25. The molecule has 0 unspecified atom stereocenters. The van der Waals surface area contributed by atoms with Gasteiger partial charge in [-0.3, -0.25) is 4.68 Å². The van der Waals surface area contributed by atoms with E-state index in [4.69, 9.17) is 16.7 Å². The fraction of sp³-hybridized carbons (Fsp3) is 0.286. The predicted molar refractivity (Wildman–Crippen MR) is 119 cm³/mol.